The first kappa shape index (κ1) is 18.9. The molecule has 3 heterocycles. The second kappa shape index (κ2) is 7.92. The van der Waals surface area contributed by atoms with E-state index in [0.717, 1.165) is 5.56 Å². The molecular formula is C20H23NO7. The zero-order chi connectivity index (χ0) is 19.7. The van der Waals surface area contributed by atoms with Crippen LogP contribution < -0.4 is 10.1 Å². The van der Waals surface area contributed by atoms with E-state index in [1.807, 2.05) is 25.1 Å². The Morgan fingerprint density at radius 2 is 2.11 bits per heavy atom. The van der Waals surface area contributed by atoms with Crippen LogP contribution in [0.5, 0.6) is 5.75 Å². The van der Waals surface area contributed by atoms with Crippen LogP contribution >= 0.6 is 0 Å². The molecule has 8 nitrogen and oxygen atoms in total. The summed E-state index contributed by atoms with van der Waals surface area (Å²) in [5, 5.41) is 13.7. The smallest absolute Gasteiger partial charge is 0.223 e. The van der Waals surface area contributed by atoms with Crippen molar-refractivity contribution >= 4 is 5.91 Å². The van der Waals surface area contributed by atoms with E-state index in [4.69, 9.17) is 23.4 Å². The van der Waals surface area contributed by atoms with Crippen molar-refractivity contribution in [1.29, 1.82) is 0 Å². The first-order valence-electron chi connectivity index (χ1n) is 9.15. The fourth-order valence-electron chi connectivity index (χ4n) is 3.47. The van der Waals surface area contributed by atoms with Gasteiger partial charge in [0.25, 0.3) is 0 Å². The molecule has 2 aliphatic heterocycles. The fourth-order valence-corrected chi connectivity index (χ4v) is 3.47. The minimum atomic E-state index is -1.06. The SMILES string of the molecule is CC(=O)N[C@@H]1[C@@H](Oc2cccc(C)c2)O[C@H]2CO[C@H](c3ccco3)O[C@@H]2[C@H]1O. The quantitative estimate of drug-likeness (QED) is 0.821. The lowest BCUT2D eigenvalue weighted by Gasteiger charge is -2.47. The van der Waals surface area contributed by atoms with Crippen molar-refractivity contribution < 1.29 is 33.3 Å². The number of rotatable bonds is 4. The lowest BCUT2D eigenvalue weighted by Crippen LogP contribution is -2.67. The van der Waals surface area contributed by atoms with Crippen molar-refractivity contribution in [3.8, 4) is 5.75 Å². The average Bonchev–Trinajstić information content (AvgIpc) is 3.19. The number of hydrogen-bond donors (Lipinski definition) is 2. The van der Waals surface area contributed by atoms with Crippen molar-refractivity contribution in [2.75, 3.05) is 6.61 Å². The molecule has 8 heteroatoms. The minimum absolute atomic E-state index is 0.188. The molecular weight excluding hydrogens is 366 g/mol. The summed E-state index contributed by atoms with van der Waals surface area (Å²) in [4.78, 5) is 11.7. The van der Waals surface area contributed by atoms with Crippen LogP contribution in [0.4, 0.5) is 0 Å². The standard InChI is InChI=1S/C20H23NO7/c1-11-5-3-6-13(9-11)26-20-16(21-12(2)22)17(23)18-15(27-20)10-25-19(28-18)14-7-4-8-24-14/h3-9,15-20,23H,10H2,1-2H3,(H,21,22)/t15-,16-,17-,18-,19-,20-/m0/s1. The highest BCUT2D eigenvalue weighted by Gasteiger charge is 2.51. The number of amides is 1. The summed E-state index contributed by atoms with van der Waals surface area (Å²) in [6.07, 6.45) is -2.44. The molecule has 0 aliphatic carbocycles. The Morgan fingerprint density at radius 1 is 1.25 bits per heavy atom. The number of nitrogens with one attached hydrogen (secondary N) is 1. The van der Waals surface area contributed by atoms with E-state index in [0.29, 0.717) is 11.5 Å². The van der Waals surface area contributed by atoms with E-state index in [1.54, 1.807) is 18.2 Å². The lowest BCUT2D eigenvalue weighted by molar-refractivity contribution is -0.336. The molecule has 2 aromatic rings. The van der Waals surface area contributed by atoms with E-state index in [1.165, 1.54) is 13.2 Å². The molecule has 0 saturated carbocycles. The molecule has 2 N–H and O–H groups in total. The van der Waals surface area contributed by atoms with Gasteiger partial charge in [-0.3, -0.25) is 4.79 Å². The van der Waals surface area contributed by atoms with Gasteiger partial charge >= 0.3 is 0 Å². The van der Waals surface area contributed by atoms with Gasteiger partial charge in [-0.25, -0.2) is 0 Å². The molecule has 1 amide bonds. The zero-order valence-corrected chi connectivity index (χ0v) is 15.6. The highest BCUT2D eigenvalue weighted by Crippen LogP contribution is 2.35. The van der Waals surface area contributed by atoms with Gasteiger partial charge in [0.15, 0.2) is 5.76 Å². The number of fused-ring (bicyclic) bond motifs is 1. The molecule has 2 fully saturated rings. The summed E-state index contributed by atoms with van der Waals surface area (Å²) in [5.41, 5.74) is 1.02. The zero-order valence-electron chi connectivity index (χ0n) is 15.6. The predicted octanol–water partition coefficient (Wildman–Crippen LogP) is 1.67. The Labute approximate surface area is 162 Å². The average molecular weight is 389 g/mol. The number of benzene rings is 1. The number of hydrogen-bond acceptors (Lipinski definition) is 7. The largest absolute Gasteiger partial charge is 0.464 e. The monoisotopic (exact) mass is 389 g/mol. The van der Waals surface area contributed by atoms with Gasteiger partial charge in [0.05, 0.1) is 12.9 Å². The van der Waals surface area contributed by atoms with Crippen LogP contribution in [0.25, 0.3) is 0 Å². The number of ether oxygens (including phenoxy) is 4. The molecule has 1 aromatic carbocycles. The third kappa shape index (κ3) is 3.90. The maximum atomic E-state index is 11.7. The Bertz CT molecular complexity index is 809. The predicted molar refractivity (Wildman–Crippen MR) is 96.4 cm³/mol. The van der Waals surface area contributed by atoms with Gasteiger partial charge in [-0.15, -0.1) is 0 Å². The minimum Gasteiger partial charge on any atom is -0.464 e. The number of carbonyl (C=O) groups is 1. The van der Waals surface area contributed by atoms with E-state index in [9.17, 15) is 9.90 Å². The summed E-state index contributed by atoms with van der Waals surface area (Å²) in [7, 11) is 0. The number of aliphatic hydroxyl groups excluding tert-OH is 1. The summed E-state index contributed by atoms with van der Waals surface area (Å²) in [5.74, 6) is 0.774. The van der Waals surface area contributed by atoms with E-state index >= 15 is 0 Å². The van der Waals surface area contributed by atoms with Crippen LogP contribution in [0.15, 0.2) is 47.1 Å². The Morgan fingerprint density at radius 3 is 2.82 bits per heavy atom. The second-order valence-corrected chi connectivity index (χ2v) is 6.98. The van der Waals surface area contributed by atoms with E-state index in [-0.39, 0.29) is 12.5 Å². The van der Waals surface area contributed by atoms with Crippen molar-refractivity contribution in [3.63, 3.8) is 0 Å². The molecule has 6 atom stereocenters. The number of carbonyl (C=O) groups excluding carboxylic acids is 1. The molecule has 1 aromatic heterocycles. The molecule has 0 spiro atoms. The van der Waals surface area contributed by atoms with Crippen LogP contribution in [0.3, 0.4) is 0 Å². The topological polar surface area (TPSA) is 99.4 Å². The fraction of sp³-hybridized carbons (Fsp3) is 0.450. The van der Waals surface area contributed by atoms with Crippen molar-refractivity contribution in [1.82, 2.24) is 5.32 Å². The van der Waals surface area contributed by atoms with Gasteiger partial charge in [-0.2, -0.15) is 0 Å². The second-order valence-electron chi connectivity index (χ2n) is 6.98. The Hall–Kier alpha value is -2.39. The molecule has 2 aliphatic rings. The van der Waals surface area contributed by atoms with Crippen molar-refractivity contribution in [2.24, 2.45) is 0 Å². The molecule has 0 bridgehead atoms. The van der Waals surface area contributed by atoms with E-state index < -0.39 is 36.9 Å². The number of aliphatic hydroxyl groups is 1. The number of furan rings is 1. The lowest BCUT2D eigenvalue weighted by atomic mass is 9.96. The van der Waals surface area contributed by atoms with Gasteiger partial charge in [0, 0.05) is 6.92 Å². The Balaban J connectivity index is 1.54. The molecule has 2 saturated heterocycles. The van der Waals surface area contributed by atoms with Crippen LogP contribution in [0.1, 0.15) is 24.5 Å². The maximum absolute atomic E-state index is 11.7. The van der Waals surface area contributed by atoms with Crippen LogP contribution in [-0.2, 0) is 19.0 Å². The van der Waals surface area contributed by atoms with Crippen LogP contribution in [0.2, 0.25) is 0 Å². The molecule has 4 rings (SSSR count). The summed E-state index contributed by atoms with van der Waals surface area (Å²) < 4.78 is 28.8. The van der Waals surface area contributed by atoms with Gasteiger partial charge in [-0.05, 0) is 36.8 Å². The van der Waals surface area contributed by atoms with Crippen LogP contribution in [-0.4, -0.2) is 48.3 Å². The molecule has 28 heavy (non-hydrogen) atoms. The highest BCUT2D eigenvalue weighted by atomic mass is 16.8. The third-order valence-electron chi connectivity index (χ3n) is 4.75. The first-order chi connectivity index (χ1) is 13.5. The van der Waals surface area contributed by atoms with Crippen molar-refractivity contribution in [2.45, 2.75) is 50.8 Å². The normalized spacial score (nSPS) is 32.4. The highest BCUT2D eigenvalue weighted by molar-refractivity contribution is 5.73. The van der Waals surface area contributed by atoms with Gasteiger partial charge < -0.3 is 33.8 Å². The van der Waals surface area contributed by atoms with Gasteiger partial charge in [0.1, 0.15) is 30.1 Å². The molecule has 0 radical (unpaired) electrons. The van der Waals surface area contributed by atoms with Crippen LogP contribution in [0, 0.1) is 6.92 Å². The third-order valence-corrected chi connectivity index (χ3v) is 4.75. The Kier molecular flexibility index (Phi) is 5.36. The van der Waals surface area contributed by atoms with Gasteiger partial charge in [-0.1, -0.05) is 12.1 Å². The summed E-state index contributed by atoms with van der Waals surface area (Å²) in [6, 6.07) is 10.1. The van der Waals surface area contributed by atoms with E-state index in [2.05, 4.69) is 5.32 Å². The van der Waals surface area contributed by atoms with Crippen molar-refractivity contribution in [3.05, 3.63) is 54.0 Å². The number of aryl methyl sites for hydroxylation is 1. The first-order valence-corrected chi connectivity index (χ1v) is 9.15. The molecule has 150 valence electrons. The summed E-state index contributed by atoms with van der Waals surface area (Å²) >= 11 is 0. The summed E-state index contributed by atoms with van der Waals surface area (Å²) in [6.45, 7) is 3.51. The maximum Gasteiger partial charge on any atom is 0.223 e. The van der Waals surface area contributed by atoms with Gasteiger partial charge in [0.2, 0.25) is 18.5 Å². The molecule has 0 unspecified atom stereocenters.